The minimum atomic E-state index is -0.182. The molecule has 30 heavy (non-hydrogen) atoms. The number of carbonyl (C=O) groups is 1. The molecule has 0 spiro atoms. The van der Waals surface area contributed by atoms with Gasteiger partial charge in [-0.05, 0) is 60.2 Å². The molecule has 0 atom stereocenters. The maximum atomic E-state index is 12.7. The fourth-order valence-corrected chi connectivity index (χ4v) is 3.54. The van der Waals surface area contributed by atoms with Crippen molar-refractivity contribution in [1.29, 1.82) is 0 Å². The maximum absolute atomic E-state index is 12.7. The van der Waals surface area contributed by atoms with E-state index < -0.39 is 0 Å². The number of hydrogen-bond donors (Lipinski definition) is 1. The van der Waals surface area contributed by atoms with Gasteiger partial charge in [0, 0.05) is 18.6 Å². The molecule has 0 bridgehead atoms. The first-order valence-corrected chi connectivity index (χ1v) is 10.3. The Hall–Kier alpha value is -3.11. The van der Waals surface area contributed by atoms with E-state index in [2.05, 4.69) is 30.0 Å². The molecular weight excluding hydrogens is 394 g/mol. The lowest BCUT2D eigenvalue weighted by atomic mass is 9.97. The summed E-state index contributed by atoms with van der Waals surface area (Å²) in [5.74, 6) is -0.182. The van der Waals surface area contributed by atoms with Gasteiger partial charge in [0.2, 0.25) is 0 Å². The van der Waals surface area contributed by atoms with Gasteiger partial charge in [0.05, 0.1) is 5.69 Å². The summed E-state index contributed by atoms with van der Waals surface area (Å²) in [6.07, 6.45) is 5.44. The summed E-state index contributed by atoms with van der Waals surface area (Å²) in [6.45, 7) is 6.36. The predicted octanol–water partition coefficient (Wildman–Crippen LogP) is 5.83. The Balaban J connectivity index is 1.69. The molecule has 0 fully saturated rings. The fraction of sp³-hybridized carbons (Fsp3) is 0.200. The number of nitrogens with one attached hydrogen (secondary N) is 1. The van der Waals surface area contributed by atoms with Crippen molar-refractivity contribution in [3.05, 3.63) is 95.2 Å². The number of benzene rings is 2. The van der Waals surface area contributed by atoms with Crippen LogP contribution in [0.25, 0.3) is 16.8 Å². The highest BCUT2D eigenvalue weighted by Gasteiger charge is 2.14. The van der Waals surface area contributed by atoms with Crippen molar-refractivity contribution in [2.75, 3.05) is 6.54 Å². The normalized spacial score (nSPS) is 11.4. The van der Waals surface area contributed by atoms with Crippen LogP contribution in [0.4, 0.5) is 0 Å². The molecule has 4 nitrogen and oxygen atoms in total. The third-order valence-electron chi connectivity index (χ3n) is 4.94. The van der Waals surface area contributed by atoms with Gasteiger partial charge >= 0.3 is 0 Å². The van der Waals surface area contributed by atoms with Gasteiger partial charge in [0.1, 0.15) is 0 Å². The molecule has 0 saturated heterocycles. The van der Waals surface area contributed by atoms with Crippen LogP contribution in [0, 0.1) is 6.92 Å². The first-order chi connectivity index (χ1) is 14.5. The van der Waals surface area contributed by atoms with Crippen molar-refractivity contribution in [3.8, 4) is 11.3 Å². The fourth-order valence-electron chi connectivity index (χ4n) is 3.37. The molecule has 3 aromatic rings. The van der Waals surface area contributed by atoms with Gasteiger partial charge < -0.3 is 5.32 Å². The standard InChI is InChI=1S/C25H26ClN3O/c1-4-5-9-19(22-16-21(26)13-12-18(22)2)14-15-27-25(30)23-17-24(29(3)28-23)20-10-7-6-8-11-20/h4,6-13,16-17H,1,5,14-15H2,2-3H3,(H,27,30)/b19-9-. The molecule has 0 aliphatic rings. The zero-order valence-corrected chi connectivity index (χ0v) is 18.1. The smallest absolute Gasteiger partial charge is 0.271 e. The number of amides is 1. The van der Waals surface area contributed by atoms with Crippen molar-refractivity contribution in [2.24, 2.45) is 7.05 Å². The summed E-state index contributed by atoms with van der Waals surface area (Å²) < 4.78 is 1.73. The van der Waals surface area contributed by atoms with E-state index >= 15 is 0 Å². The molecule has 0 radical (unpaired) electrons. The first-order valence-electron chi connectivity index (χ1n) is 9.93. The number of carbonyl (C=O) groups excluding carboxylic acids is 1. The molecule has 5 heteroatoms. The Labute approximate surface area is 182 Å². The molecule has 1 amide bonds. The Morgan fingerprint density at radius 1 is 1.20 bits per heavy atom. The molecule has 1 N–H and O–H groups in total. The number of aryl methyl sites for hydroxylation is 2. The minimum absolute atomic E-state index is 0.182. The molecule has 0 unspecified atom stereocenters. The van der Waals surface area contributed by atoms with Gasteiger partial charge in [-0.1, -0.05) is 60.2 Å². The molecule has 0 saturated carbocycles. The Morgan fingerprint density at radius 3 is 2.70 bits per heavy atom. The van der Waals surface area contributed by atoms with E-state index in [1.165, 1.54) is 0 Å². The molecule has 0 aliphatic heterocycles. The SMILES string of the molecule is C=CC/C=C(/CCNC(=O)c1cc(-c2ccccc2)n(C)n1)c1cc(Cl)ccc1C. The second kappa shape index (κ2) is 10.1. The predicted molar refractivity (Wildman–Crippen MR) is 125 cm³/mol. The Bertz CT molecular complexity index is 1070. The van der Waals surface area contributed by atoms with E-state index in [1.54, 1.807) is 4.68 Å². The highest BCUT2D eigenvalue weighted by molar-refractivity contribution is 6.30. The van der Waals surface area contributed by atoms with Crippen molar-refractivity contribution in [1.82, 2.24) is 15.1 Å². The van der Waals surface area contributed by atoms with Crippen molar-refractivity contribution >= 4 is 23.1 Å². The molecule has 154 valence electrons. The van der Waals surface area contributed by atoms with Crippen LogP contribution < -0.4 is 5.32 Å². The van der Waals surface area contributed by atoms with Crippen LogP contribution >= 0.6 is 11.6 Å². The number of rotatable bonds is 8. The van der Waals surface area contributed by atoms with Crippen LogP contribution in [0.3, 0.4) is 0 Å². The average molecular weight is 420 g/mol. The topological polar surface area (TPSA) is 46.9 Å². The quantitative estimate of drug-likeness (QED) is 0.467. The van der Waals surface area contributed by atoms with E-state index in [1.807, 2.05) is 67.7 Å². The lowest BCUT2D eigenvalue weighted by Crippen LogP contribution is -2.25. The number of allylic oxidation sites excluding steroid dienone is 2. The van der Waals surface area contributed by atoms with E-state index in [4.69, 9.17) is 11.6 Å². The largest absolute Gasteiger partial charge is 0.350 e. The Kier molecular flexibility index (Phi) is 7.26. The van der Waals surface area contributed by atoms with Gasteiger partial charge in [-0.15, -0.1) is 6.58 Å². The van der Waals surface area contributed by atoms with Crippen LogP contribution in [0.15, 0.2) is 73.3 Å². The third-order valence-corrected chi connectivity index (χ3v) is 5.17. The van der Waals surface area contributed by atoms with Crippen molar-refractivity contribution in [3.63, 3.8) is 0 Å². The number of halogens is 1. The summed E-state index contributed by atoms with van der Waals surface area (Å²) in [5.41, 5.74) is 5.73. The van der Waals surface area contributed by atoms with E-state index in [0.29, 0.717) is 23.7 Å². The Morgan fingerprint density at radius 2 is 1.97 bits per heavy atom. The molecule has 3 rings (SSSR count). The van der Waals surface area contributed by atoms with Crippen molar-refractivity contribution < 1.29 is 4.79 Å². The average Bonchev–Trinajstić information content (AvgIpc) is 3.14. The number of nitrogens with zero attached hydrogens (tertiary/aromatic N) is 2. The van der Waals surface area contributed by atoms with Crippen molar-refractivity contribution in [2.45, 2.75) is 19.8 Å². The summed E-state index contributed by atoms with van der Waals surface area (Å²) >= 11 is 6.20. The van der Waals surface area contributed by atoms with E-state index in [9.17, 15) is 4.79 Å². The lowest BCUT2D eigenvalue weighted by molar-refractivity contribution is 0.0949. The summed E-state index contributed by atoms with van der Waals surface area (Å²) in [5, 5.41) is 8.06. The zero-order chi connectivity index (χ0) is 21.5. The minimum Gasteiger partial charge on any atom is -0.350 e. The van der Waals surface area contributed by atoms with Gasteiger partial charge in [-0.2, -0.15) is 5.10 Å². The second-order valence-electron chi connectivity index (χ2n) is 7.12. The van der Waals surface area contributed by atoms with E-state index in [-0.39, 0.29) is 5.91 Å². The number of aromatic nitrogens is 2. The van der Waals surface area contributed by atoms with Gasteiger partial charge in [-0.3, -0.25) is 9.48 Å². The molecule has 1 heterocycles. The second-order valence-corrected chi connectivity index (χ2v) is 7.56. The molecule has 0 aliphatic carbocycles. The number of hydrogen-bond acceptors (Lipinski definition) is 2. The van der Waals surface area contributed by atoms with Crippen LogP contribution in [0.5, 0.6) is 0 Å². The maximum Gasteiger partial charge on any atom is 0.271 e. The zero-order valence-electron chi connectivity index (χ0n) is 17.4. The first kappa shape index (κ1) is 21.6. The lowest BCUT2D eigenvalue weighted by Gasteiger charge is -2.12. The van der Waals surface area contributed by atoms with Crippen LogP contribution in [-0.2, 0) is 7.05 Å². The molecule has 1 aromatic heterocycles. The van der Waals surface area contributed by atoms with Crippen LogP contribution in [0.1, 0.15) is 34.5 Å². The third kappa shape index (κ3) is 5.28. The van der Waals surface area contributed by atoms with Gasteiger partial charge in [0.15, 0.2) is 5.69 Å². The van der Waals surface area contributed by atoms with E-state index in [0.717, 1.165) is 34.4 Å². The summed E-state index contributed by atoms with van der Waals surface area (Å²) in [4.78, 5) is 12.7. The summed E-state index contributed by atoms with van der Waals surface area (Å²) in [7, 11) is 1.84. The molecular formula is C25H26ClN3O. The highest BCUT2D eigenvalue weighted by Crippen LogP contribution is 2.26. The van der Waals surface area contributed by atoms with Crippen LogP contribution in [0.2, 0.25) is 5.02 Å². The molecule has 2 aromatic carbocycles. The van der Waals surface area contributed by atoms with Crippen LogP contribution in [-0.4, -0.2) is 22.2 Å². The van der Waals surface area contributed by atoms with Gasteiger partial charge in [-0.25, -0.2) is 0 Å². The van der Waals surface area contributed by atoms with Gasteiger partial charge in [0.25, 0.3) is 5.91 Å². The summed E-state index contributed by atoms with van der Waals surface area (Å²) in [6, 6.07) is 17.6. The highest BCUT2D eigenvalue weighted by atomic mass is 35.5. The monoisotopic (exact) mass is 419 g/mol.